The number of nitrogens with one attached hydrogen (secondary N) is 1. The molecule has 0 radical (unpaired) electrons. The van der Waals surface area contributed by atoms with Crippen molar-refractivity contribution in [3.63, 3.8) is 0 Å². The lowest BCUT2D eigenvalue weighted by Crippen LogP contribution is -2.18. The zero-order valence-electron chi connectivity index (χ0n) is 13.0. The number of hydrogen-bond donors (Lipinski definition) is 1. The van der Waals surface area contributed by atoms with Gasteiger partial charge in [-0.3, -0.25) is 4.79 Å². The fourth-order valence-corrected chi connectivity index (χ4v) is 5.11. The maximum Gasteiger partial charge on any atom is 0.255 e. The second kappa shape index (κ2) is 7.07. The van der Waals surface area contributed by atoms with Gasteiger partial charge >= 0.3 is 0 Å². The van der Waals surface area contributed by atoms with Gasteiger partial charge in [-0.1, -0.05) is 34.8 Å². The molecule has 0 aromatic heterocycles. The molecule has 6 heteroatoms. The molecule has 1 fully saturated rings. The third-order valence-electron chi connectivity index (χ3n) is 4.27. The Bertz CT molecular complexity index is 841. The molecule has 126 valence electrons. The highest BCUT2D eigenvalue weighted by atomic mass is 79.9. The molecule has 24 heavy (non-hydrogen) atoms. The van der Waals surface area contributed by atoms with Gasteiger partial charge in [0.15, 0.2) is 9.84 Å². The van der Waals surface area contributed by atoms with Crippen LogP contribution in [0.2, 0.25) is 0 Å². The van der Waals surface area contributed by atoms with Crippen molar-refractivity contribution >= 4 is 37.4 Å². The van der Waals surface area contributed by atoms with Gasteiger partial charge in [0, 0.05) is 15.7 Å². The average Bonchev–Trinajstić information content (AvgIpc) is 3.11. The minimum absolute atomic E-state index is 0.266. The van der Waals surface area contributed by atoms with Crippen LogP contribution in [-0.4, -0.2) is 19.6 Å². The number of halogens is 1. The Morgan fingerprint density at radius 2 is 1.71 bits per heavy atom. The largest absolute Gasteiger partial charge is 0.322 e. The topological polar surface area (TPSA) is 63.2 Å². The molecule has 0 atom stereocenters. The Hall–Kier alpha value is -1.66. The number of carbonyl (C=O) groups is 1. The molecule has 0 aliphatic heterocycles. The molecule has 2 aromatic carbocycles. The Kier molecular flexibility index (Phi) is 5.06. The molecule has 1 amide bonds. The summed E-state index contributed by atoms with van der Waals surface area (Å²) in [5, 5.41) is 2.47. The fraction of sp³-hybridized carbons (Fsp3) is 0.278. The number of anilines is 1. The van der Waals surface area contributed by atoms with Crippen molar-refractivity contribution in [3.05, 3.63) is 58.6 Å². The lowest BCUT2D eigenvalue weighted by atomic mass is 10.2. The third kappa shape index (κ3) is 3.70. The van der Waals surface area contributed by atoms with Crippen LogP contribution < -0.4 is 5.32 Å². The van der Waals surface area contributed by atoms with E-state index in [1.807, 2.05) is 0 Å². The Balaban J connectivity index is 1.80. The number of hydrogen-bond acceptors (Lipinski definition) is 3. The van der Waals surface area contributed by atoms with Gasteiger partial charge in [-0.25, -0.2) is 8.42 Å². The lowest BCUT2D eigenvalue weighted by molar-refractivity contribution is 0.102. The molecule has 1 saturated carbocycles. The van der Waals surface area contributed by atoms with Crippen molar-refractivity contribution in [1.82, 2.24) is 0 Å². The minimum atomic E-state index is -3.32. The zero-order chi connectivity index (χ0) is 17.2. The van der Waals surface area contributed by atoms with Crippen LogP contribution in [0.25, 0.3) is 0 Å². The van der Waals surface area contributed by atoms with Gasteiger partial charge in [-0.2, -0.15) is 0 Å². The Labute approximate surface area is 150 Å². The lowest BCUT2D eigenvalue weighted by Gasteiger charge is -2.12. The maximum atomic E-state index is 12.7. The summed E-state index contributed by atoms with van der Waals surface area (Å²) in [5.74, 6) is -0.266. The molecule has 4 nitrogen and oxygen atoms in total. The first-order valence-electron chi connectivity index (χ1n) is 7.88. The maximum absolute atomic E-state index is 12.7. The number of amides is 1. The van der Waals surface area contributed by atoms with Crippen LogP contribution >= 0.6 is 15.9 Å². The van der Waals surface area contributed by atoms with Crippen molar-refractivity contribution in [2.45, 2.75) is 35.8 Å². The van der Waals surface area contributed by atoms with E-state index in [0.29, 0.717) is 11.3 Å². The first-order valence-corrected chi connectivity index (χ1v) is 10.2. The van der Waals surface area contributed by atoms with Gasteiger partial charge < -0.3 is 5.32 Å². The van der Waals surface area contributed by atoms with E-state index in [4.69, 9.17) is 0 Å². The van der Waals surface area contributed by atoms with E-state index in [2.05, 4.69) is 21.2 Å². The summed E-state index contributed by atoms with van der Waals surface area (Å²) in [6.07, 6.45) is 3.36. The summed E-state index contributed by atoms with van der Waals surface area (Å²) in [4.78, 5) is 12.5. The van der Waals surface area contributed by atoms with Crippen LogP contribution in [0.3, 0.4) is 0 Å². The summed E-state index contributed by atoms with van der Waals surface area (Å²) in [6, 6.07) is 13.5. The predicted molar refractivity (Wildman–Crippen MR) is 98.0 cm³/mol. The van der Waals surface area contributed by atoms with Crippen LogP contribution in [0, 0.1) is 0 Å². The summed E-state index contributed by atoms with van der Waals surface area (Å²) in [6.45, 7) is 0. The summed E-state index contributed by atoms with van der Waals surface area (Å²) in [5.41, 5.74) is 1.00. The first-order chi connectivity index (χ1) is 11.5. The molecule has 1 N–H and O–H groups in total. The van der Waals surface area contributed by atoms with Crippen molar-refractivity contribution in [2.24, 2.45) is 0 Å². The van der Waals surface area contributed by atoms with Gasteiger partial charge in [0.05, 0.1) is 10.1 Å². The number of sulfone groups is 1. The molecule has 1 aliphatic carbocycles. The summed E-state index contributed by atoms with van der Waals surface area (Å²) >= 11 is 3.33. The highest BCUT2D eigenvalue weighted by molar-refractivity contribution is 9.10. The van der Waals surface area contributed by atoms with Crippen molar-refractivity contribution < 1.29 is 13.2 Å². The normalized spacial score (nSPS) is 15.4. The van der Waals surface area contributed by atoms with Crippen LogP contribution in [-0.2, 0) is 9.84 Å². The molecule has 0 spiro atoms. The minimum Gasteiger partial charge on any atom is -0.322 e. The fourth-order valence-electron chi connectivity index (χ4n) is 2.95. The predicted octanol–water partition coefficient (Wildman–Crippen LogP) is 4.42. The van der Waals surface area contributed by atoms with Gasteiger partial charge in [-0.05, 0) is 55.3 Å². The summed E-state index contributed by atoms with van der Waals surface area (Å²) < 4.78 is 26.2. The summed E-state index contributed by atoms with van der Waals surface area (Å²) in [7, 11) is -3.32. The molecule has 0 bridgehead atoms. The molecule has 0 heterocycles. The molecule has 0 unspecified atom stereocenters. The van der Waals surface area contributed by atoms with Gasteiger partial charge in [-0.15, -0.1) is 0 Å². The second-order valence-corrected chi connectivity index (χ2v) is 9.08. The zero-order valence-corrected chi connectivity index (χ0v) is 15.4. The van der Waals surface area contributed by atoms with E-state index in [9.17, 15) is 13.2 Å². The van der Waals surface area contributed by atoms with Crippen LogP contribution in [0.15, 0.2) is 57.9 Å². The second-order valence-electron chi connectivity index (χ2n) is 5.94. The van der Waals surface area contributed by atoms with Gasteiger partial charge in [0.1, 0.15) is 0 Å². The molecule has 2 aromatic rings. The van der Waals surface area contributed by atoms with E-state index in [1.54, 1.807) is 48.5 Å². The quantitative estimate of drug-likeness (QED) is 0.815. The van der Waals surface area contributed by atoms with Crippen LogP contribution in [0.4, 0.5) is 5.69 Å². The first kappa shape index (κ1) is 17.2. The van der Waals surface area contributed by atoms with Crippen molar-refractivity contribution in [3.8, 4) is 0 Å². The van der Waals surface area contributed by atoms with E-state index >= 15 is 0 Å². The monoisotopic (exact) mass is 407 g/mol. The third-order valence-corrected chi connectivity index (χ3v) is 7.06. The van der Waals surface area contributed by atoms with E-state index in [0.717, 1.165) is 30.2 Å². The highest BCUT2D eigenvalue weighted by Gasteiger charge is 2.30. The molecular weight excluding hydrogens is 390 g/mol. The number of carbonyl (C=O) groups excluding carboxylic acids is 1. The average molecular weight is 408 g/mol. The number of benzene rings is 2. The molecule has 1 aliphatic rings. The van der Waals surface area contributed by atoms with Crippen molar-refractivity contribution in [2.75, 3.05) is 5.32 Å². The Morgan fingerprint density at radius 3 is 2.38 bits per heavy atom. The smallest absolute Gasteiger partial charge is 0.255 e. The standard InChI is InChI=1S/C18H18BrNO3S/c19-14-10-8-13(9-11-14)18(21)20-15-4-3-7-17(12-15)24(22,23)16-5-1-2-6-16/h3-4,7-12,16H,1-2,5-6H2,(H,20,21). The molecule has 3 rings (SSSR count). The van der Waals surface area contributed by atoms with Crippen molar-refractivity contribution in [1.29, 1.82) is 0 Å². The van der Waals surface area contributed by atoms with E-state index in [-0.39, 0.29) is 16.1 Å². The van der Waals surface area contributed by atoms with E-state index < -0.39 is 9.84 Å². The number of rotatable bonds is 4. The van der Waals surface area contributed by atoms with Crippen LogP contribution in [0.1, 0.15) is 36.0 Å². The van der Waals surface area contributed by atoms with Crippen LogP contribution in [0.5, 0.6) is 0 Å². The van der Waals surface area contributed by atoms with Gasteiger partial charge in [0.25, 0.3) is 5.91 Å². The molecule has 0 saturated heterocycles. The molecular formula is C18H18BrNO3S. The van der Waals surface area contributed by atoms with Gasteiger partial charge in [0.2, 0.25) is 0 Å². The SMILES string of the molecule is O=C(Nc1cccc(S(=O)(=O)C2CCCC2)c1)c1ccc(Br)cc1. The highest BCUT2D eigenvalue weighted by Crippen LogP contribution is 2.30. The van der Waals surface area contributed by atoms with E-state index in [1.165, 1.54) is 0 Å². The Morgan fingerprint density at radius 1 is 1.04 bits per heavy atom.